The Morgan fingerprint density at radius 3 is 2.50 bits per heavy atom. The van der Waals surface area contributed by atoms with Crippen LogP contribution in [0.3, 0.4) is 0 Å². The van der Waals surface area contributed by atoms with Gasteiger partial charge in [-0.05, 0) is 18.9 Å². The number of halogens is 2. The van der Waals surface area contributed by atoms with E-state index in [1.807, 2.05) is 0 Å². The lowest BCUT2D eigenvalue weighted by Crippen LogP contribution is -2.31. The molecule has 1 aromatic rings. The summed E-state index contributed by atoms with van der Waals surface area (Å²) < 4.78 is 27.3. The molecule has 88 valence electrons. The molecule has 3 heteroatoms. The fraction of sp³-hybridized carbons (Fsp3) is 0.538. The van der Waals surface area contributed by atoms with Crippen LogP contribution in [0, 0.1) is 5.92 Å². The van der Waals surface area contributed by atoms with Crippen molar-refractivity contribution in [1.29, 1.82) is 0 Å². The average molecular weight is 225 g/mol. The quantitative estimate of drug-likeness (QED) is 0.733. The van der Waals surface area contributed by atoms with Crippen LogP contribution in [-0.4, -0.2) is 13.1 Å². The van der Waals surface area contributed by atoms with E-state index in [2.05, 4.69) is 5.32 Å². The molecule has 0 spiro atoms. The van der Waals surface area contributed by atoms with E-state index in [-0.39, 0.29) is 12.1 Å². The van der Waals surface area contributed by atoms with Gasteiger partial charge in [-0.15, -0.1) is 0 Å². The molecule has 0 heterocycles. The van der Waals surface area contributed by atoms with Crippen molar-refractivity contribution >= 4 is 0 Å². The summed E-state index contributed by atoms with van der Waals surface area (Å²) in [4.78, 5) is 0. The molecule has 1 saturated carbocycles. The normalized spacial score (nSPS) is 16.4. The second kappa shape index (κ2) is 4.91. The van der Waals surface area contributed by atoms with E-state index in [1.165, 1.54) is 25.0 Å². The lowest BCUT2D eigenvalue weighted by atomic mass is 10.1. The predicted molar refractivity (Wildman–Crippen MR) is 60.5 cm³/mol. The summed E-state index contributed by atoms with van der Waals surface area (Å²) in [5.41, 5.74) is 0.0916. The standard InChI is InChI=1S/C13H17F2N/c14-13(15,12-4-2-1-3-5-12)10-16-9-8-11-6-7-11/h1-5,11,16H,6-10H2. The Balaban J connectivity index is 1.77. The summed E-state index contributed by atoms with van der Waals surface area (Å²) in [6.45, 7) is 0.441. The van der Waals surface area contributed by atoms with Gasteiger partial charge in [0.25, 0.3) is 5.92 Å². The molecule has 1 nitrogen and oxygen atoms in total. The molecule has 0 atom stereocenters. The van der Waals surface area contributed by atoms with Crippen LogP contribution in [0.15, 0.2) is 30.3 Å². The molecule has 1 aromatic carbocycles. The second-order valence-electron chi connectivity index (χ2n) is 4.48. The Hall–Kier alpha value is -0.960. The number of hydrogen-bond donors (Lipinski definition) is 1. The van der Waals surface area contributed by atoms with Gasteiger partial charge in [0.1, 0.15) is 0 Å². The number of hydrogen-bond acceptors (Lipinski definition) is 1. The van der Waals surface area contributed by atoms with Gasteiger partial charge in [-0.2, -0.15) is 8.78 Å². The van der Waals surface area contributed by atoms with Crippen molar-refractivity contribution in [3.8, 4) is 0 Å². The molecule has 1 aliphatic rings. The van der Waals surface area contributed by atoms with Gasteiger partial charge in [0.2, 0.25) is 0 Å². The number of nitrogens with one attached hydrogen (secondary N) is 1. The molecule has 2 rings (SSSR count). The number of rotatable bonds is 6. The Bertz CT molecular complexity index is 320. The van der Waals surface area contributed by atoms with Crippen LogP contribution in [0.5, 0.6) is 0 Å². The van der Waals surface area contributed by atoms with E-state index >= 15 is 0 Å². The Kier molecular flexibility index (Phi) is 3.54. The third-order valence-corrected chi connectivity index (χ3v) is 2.97. The summed E-state index contributed by atoms with van der Waals surface area (Å²) in [6, 6.07) is 7.99. The zero-order valence-electron chi connectivity index (χ0n) is 9.26. The van der Waals surface area contributed by atoms with Crippen LogP contribution in [0.2, 0.25) is 0 Å². The zero-order valence-corrected chi connectivity index (χ0v) is 9.26. The summed E-state index contributed by atoms with van der Waals surface area (Å²) >= 11 is 0. The Labute approximate surface area is 94.9 Å². The van der Waals surface area contributed by atoms with Gasteiger partial charge in [0.15, 0.2) is 0 Å². The van der Waals surface area contributed by atoms with Crippen molar-refractivity contribution in [3.63, 3.8) is 0 Å². The third kappa shape index (κ3) is 3.27. The van der Waals surface area contributed by atoms with Crippen LogP contribution in [-0.2, 0) is 5.92 Å². The molecule has 0 unspecified atom stereocenters. The van der Waals surface area contributed by atoms with Crippen LogP contribution >= 0.6 is 0 Å². The predicted octanol–water partition coefficient (Wildman–Crippen LogP) is 3.17. The van der Waals surface area contributed by atoms with Crippen molar-refractivity contribution in [3.05, 3.63) is 35.9 Å². The number of benzene rings is 1. The fourth-order valence-electron chi connectivity index (χ4n) is 1.74. The van der Waals surface area contributed by atoms with Gasteiger partial charge in [-0.25, -0.2) is 0 Å². The maximum absolute atomic E-state index is 13.6. The van der Waals surface area contributed by atoms with Crippen molar-refractivity contribution in [2.75, 3.05) is 13.1 Å². The first-order valence-electron chi connectivity index (χ1n) is 5.82. The lowest BCUT2D eigenvalue weighted by molar-refractivity contribution is -0.00306. The first-order valence-corrected chi connectivity index (χ1v) is 5.82. The molecule has 0 aromatic heterocycles. The smallest absolute Gasteiger partial charge is 0.285 e. The van der Waals surface area contributed by atoms with Gasteiger partial charge in [0.05, 0.1) is 6.54 Å². The zero-order chi connectivity index (χ0) is 11.4. The molecule has 1 fully saturated rings. The second-order valence-corrected chi connectivity index (χ2v) is 4.48. The largest absolute Gasteiger partial charge is 0.311 e. The van der Waals surface area contributed by atoms with Crippen molar-refractivity contribution in [2.45, 2.75) is 25.2 Å². The summed E-state index contributed by atoms with van der Waals surface area (Å²) in [6.07, 6.45) is 3.58. The molecular weight excluding hydrogens is 208 g/mol. The SMILES string of the molecule is FC(F)(CNCCC1CC1)c1ccccc1. The van der Waals surface area contributed by atoms with Crippen LogP contribution < -0.4 is 5.32 Å². The van der Waals surface area contributed by atoms with E-state index in [0.29, 0.717) is 6.54 Å². The first kappa shape index (κ1) is 11.5. The summed E-state index contributed by atoms with van der Waals surface area (Å²) in [5, 5.41) is 2.85. The van der Waals surface area contributed by atoms with E-state index in [4.69, 9.17) is 0 Å². The van der Waals surface area contributed by atoms with Crippen molar-refractivity contribution in [1.82, 2.24) is 5.32 Å². The molecule has 0 saturated heterocycles. The van der Waals surface area contributed by atoms with E-state index < -0.39 is 5.92 Å². The first-order chi connectivity index (χ1) is 7.68. The van der Waals surface area contributed by atoms with Gasteiger partial charge >= 0.3 is 0 Å². The molecule has 0 amide bonds. The van der Waals surface area contributed by atoms with Gasteiger partial charge < -0.3 is 5.32 Å². The average Bonchev–Trinajstić information content (AvgIpc) is 3.10. The molecule has 0 aliphatic heterocycles. The molecule has 0 bridgehead atoms. The molecule has 1 N–H and O–H groups in total. The van der Waals surface area contributed by atoms with Crippen molar-refractivity contribution in [2.24, 2.45) is 5.92 Å². The van der Waals surface area contributed by atoms with Crippen LogP contribution in [0.25, 0.3) is 0 Å². The van der Waals surface area contributed by atoms with Crippen molar-refractivity contribution < 1.29 is 8.78 Å². The Morgan fingerprint density at radius 1 is 1.19 bits per heavy atom. The third-order valence-electron chi connectivity index (χ3n) is 2.97. The molecule has 1 aliphatic carbocycles. The summed E-state index contributed by atoms with van der Waals surface area (Å²) in [5.74, 6) is -1.97. The highest BCUT2D eigenvalue weighted by molar-refractivity contribution is 5.20. The van der Waals surface area contributed by atoms with E-state index in [1.54, 1.807) is 18.2 Å². The maximum atomic E-state index is 13.6. The molecule has 0 radical (unpaired) electrons. The minimum Gasteiger partial charge on any atom is -0.311 e. The highest BCUT2D eigenvalue weighted by Gasteiger charge is 2.30. The molecular formula is C13H17F2N. The molecule has 16 heavy (non-hydrogen) atoms. The van der Waals surface area contributed by atoms with Crippen LogP contribution in [0.1, 0.15) is 24.8 Å². The van der Waals surface area contributed by atoms with E-state index in [0.717, 1.165) is 12.3 Å². The Morgan fingerprint density at radius 2 is 1.88 bits per heavy atom. The highest BCUT2D eigenvalue weighted by atomic mass is 19.3. The topological polar surface area (TPSA) is 12.0 Å². The monoisotopic (exact) mass is 225 g/mol. The minimum atomic E-state index is -2.76. The van der Waals surface area contributed by atoms with E-state index in [9.17, 15) is 8.78 Å². The van der Waals surface area contributed by atoms with Gasteiger partial charge in [0, 0.05) is 5.56 Å². The highest BCUT2D eigenvalue weighted by Crippen LogP contribution is 2.32. The van der Waals surface area contributed by atoms with Crippen LogP contribution in [0.4, 0.5) is 8.78 Å². The minimum absolute atomic E-state index is 0.0916. The lowest BCUT2D eigenvalue weighted by Gasteiger charge is -2.17. The van der Waals surface area contributed by atoms with Gasteiger partial charge in [-0.3, -0.25) is 0 Å². The van der Waals surface area contributed by atoms with Gasteiger partial charge in [-0.1, -0.05) is 43.2 Å². The number of alkyl halides is 2. The summed E-state index contributed by atoms with van der Waals surface area (Å²) in [7, 11) is 0. The maximum Gasteiger partial charge on any atom is 0.285 e. The fourth-order valence-corrected chi connectivity index (χ4v) is 1.74.